The minimum atomic E-state index is -0.232. The number of benzene rings is 10. The molecule has 0 aromatic heterocycles. The van der Waals surface area contributed by atoms with Gasteiger partial charge in [-0.25, -0.2) is 0 Å². The molecule has 0 amide bonds. The van der Waals surface area contributed by atoms with E-state index in [0.717, 1.165) is 28.4 Å². The zero-order chi connectivity index (χ0) is 39.3. The third-order valence-electron chi connectivity index (χ3n) is 12.8. The fourth-order valence-corrected chi connectivity index (χ4v) is 9.77. The maximum Gasteiger partial charge on any atom is 0.0540 e. The molecule has 1 aliphatic rings. The van der Waals surface area contributed by atoms with Crippen LogP contribution in [0.4, 0.5) is 34.1 Å². The number of fused-ring (bicyclic) bond motifs is 5. The Morgan fingerprint density at radius 3 is 1.26 bits per heavy atom. The fraction of sp³-hybridized carbons (Fsp3) is 0.107. The van der Waals surface area contributed by atoms with E-state index in [0.29, 0.717) is 0 Å². The third kappa shape index (κ3) is 5.18. The summed E-state index contributed by atoms with van der Waals surface area (Å²) in [5, 5.41) is 10.4. The van der Waals surface area contributed by atoms with Crippen LogP contribution in [0.2, 0.25) is 0 Å². The van der Waals surface area contributed by atoms with Crippen molar-refractivity contribution >= 4 is 77.2 Å². The molecular weight excluding hydrogens is 701 g/mol. The van der Waals surface area contributed by atoms with Gasteiger partial charge in [-0.05, 0) is 147 Å². The van der Waals surface area contributed by atoms with Gasteiger partial charge in [-0.3, -0.25) is 0 Å². The maximum atomic E-state index is 2.48. The second-order valence-electron chi connectivity index (χ2n) is 16.8. The van der Waals surface area contributed by atoms with Gasteiger partial charge in [0.2, 0.25) is 0 Å². The standard InChI is InChI=1S/C56H44N2/c1-35-15-21-39(22-16-35)57(40-23-17-36(2)18-24-40)42-27-29-44-45-30-28-43(34-52(45)56(4,5)51(44)33-42)58(41-25-19-37(3)20-26-41)53-32-31-49-47-12-7-10-38-9-6-11-46(54(38)47)48-13-8-14-50(53)55(48)49/h6-34H,1-5H3. The van der Waals surface area contributed by atoms with Crippen LogP contribution in [-0.4, -0.2) is 0 Å². The van der Waals surface area contributed by atoms with Gasteiger partial charge in [-0.1, -0.05) is 140 Å². The molecule has 0 bridgehead atoms. The predicted molar refractivity (Wildman–Crippen MR) is 249 cm³/mol. The highest BCUT2D eigenvalue weighted by molar-refractivity contribution is 6.34. The van der Waals surface area contributed by atoms with Crippen LogP contribution in [-0.2, 0) is 5.41 Å². The molecule has 0 saturated heterocycles. The van der Waals surface area contributed by atoms with Crippen molar-refractivity contribution in [3.05, 3.63) is 204 Å². The Morgan fingerprint density at radius 1 is 0.345 bits per heavy atom. The molecule has 0 N–H and O–H groups in total. The Kier molecular flexibility index (Phi) is 7.59. The first-order valence-corrected chi connectivity index (χ1v) is 20.4. The smallest absolute Gasteiger partial charge is 0.0540 e. The summed E-state index contributed by atoms with van der Waals surface area (Å²) in [4.78, 5) is 4.87. The summed E-state index contributed by atoms with van der Waals surface area (Å²) < 4.78 is 0. The van der Waals surface area contributed by atoms with Crippen LogP contribution in [0.5, 0.6) is 0 Å². The van der Waals surface area contributed by atoms with Crippen LogP contribution < -0.4 is 9.80 Å². The SMILES string of the molecule is Cc1ccc(N(c2ccc(C)cc2)c2ccc3c(c2)C(C)(C)c2cc(N(c4ccc(C)cc4)c4ccc5c6cccc7cccc(c8cccc4c85)c76)ccc2-3)cc1. The fourth-order valence-electron chi connectivity index (χ4n) is 9.77. The van der Waals surface area contributed by atoms with Crippen LogP contribution >= 0.6 is 0 Å². The molecule has 10 aromatic rings. The minimum absolute atomic E-state index is 0.232. The molecule has 1 aliphatic carbocycles. The number of nitrogens with zero attached hydrogens (tertiary/aromatic N) is 2. The van der Waals surface area contributed by atoms with E-state index in [9.17, 15) is 0 Å². The van der Waals surface area contributed by atoms with E-state index in [4.69, 9.17) is 0 Å². The van der Waals surface area contributed by atoms with E-state index < -0.39 is 0 Å². The lowest BCUT2D eigenvalue weighted by molar-refractivity contribution is 0.660. The number of hydrogen-bond acceptors (Lipinski definition) is 2. The van der Waals surface area contributed by atoms with E-state index in [-0.39, 0.29) is 5.41 Å². The molecule has 0 unspecified atom stereocenters. The molecule has 58 heavy (non-hydrogen) atoms. The summed E-state index contributed by atoms with van der Waals surface area (Å²) in [6.45, 7) is 11.2. The molecule has 278 valence electrons. The second-order valence-corrected chi connectivity index (χ2v) is 16.8. The molecule has 2 heteroatoms. The summed E-state index contributed by atoms with van der Waals surface area (Å²) in [5.74, 6) is 0. The Labute approximate surface area is 340 Å². The third-order valence-corrected chi connectivity index (χ3v) is 12.8. The summed E-state index contributed by atoms with van der Waals surface area (Å²) in [6, 6.07) is 66.0. The molecule has 10 aromatic carbocycles. The van der Waals surface area contributed by atoms with Gasteiger partial charge in [0.05, 0.1) is 5.69 Å². The van der Waals surface area contributed by atoms with Gasteiger partial charge in [0, 0.05) is 39.2 Å². The normalized spacial score (nSPS) is 13.1. The van der Waals surface area contributed by atoms with Gasteiger partial charge in [0.1, 0.15) is 0 Å². The van der Waals surface area contributed by atoms with Crippen molar-refractivity contribution in [2.24, 2.45) is 0 Å². The van der Waals surface area contributed by atoms with Crippen molar-refractivity contribution < 1.29 is 0 Å². The number of rotatable bonds is 6. The van der Waals surface area contributed by atoms with Crippen molar-refractivity contribution in [2.75, 3.05) is 9.80 Å². The largest absolute Gasteiger partial charge is 0.310 e. The highest BCUT2D eigenvalue weighted by atomic mass is 15.1. The van der Waals surface area contributed by atoms with Gasteiger partial charge in [0.25, 0.3) is 0 Å². The molecule has 0 spiro atoms. The molecular formula is C56H44N2. The maximum absolute atomic E-state index is 2.48. The molecule has 11 rings (SSSR count). The van der Waals surface area contributed by atoms with Crippen molar-refractivity contribution in [1.29, 1.82) is 0 Å². The van der Waals surface area contributed by atoms with Gasteiger partial charge in [-0.2, -0.15) is 0 Å². The molecule has 0 aliphatic heterocycles. The van der Waals surface area contributed by atoms with Crippen LogP contribution in [0, 0.1) is 20.8 Å². The van der Waals surface area contributed by atoms with E-state index in [2.05, 4.69) is 220 Å². The quantitative estimate of drug-likeness (QED) is 0.124. The highest BCUT2D eigenvalue weighted by Gasteiger charge is 2.37. The first-order chi connectivity index (χ1) is 28.2. The van der Waals surface area contributed by atoms with Crippen molar-refractivity contribution in [1.82, 2.24) is 0 Å². The van der Waals surface area contributed by atoms with E-state index in [1.54, 1.807) is 0 Å². The van der Waals surface area contributed by atoms with Gasteiger partial charge in [0.15, 0.2) is 0 Å². The van der Waals surface area contributed by atoms with Gasteiger partial charge in [-0.15, -0.1) is 0 Å². The zero-order valence-corrected chi connectivity index (χ0v) is 33.6. The number of hydrogen-bond donors (Lipinski definition) is 0. The minimum Gasteiger partial charge on any atom is -0.310 e. The van der Waals surface area contributed by atoms with E-state index in [1.807, 2.05) is 0 Å². The molecule has 0 saturated carbocycles. The van der Waals surface area contributed by atoms with Crippen molar-refractivity contribution in [3.63, 3.8) is 0 Å². The monoisotopic (exact) mass is 744 g/mol. The summed E-state index contributed by atoms with van der Waals surface area (Å²) >= 11 is 0. The average Bonchev–Trinajstić information content (AvgIpc) is 3.47. The molecule has 0 atom stereocenters. The summed E-state index contributed by atoms with van der Waals surface area (Å²) in [7, 11) is 0. The lowest BCUT2D eigenvalue weighted by Crippen LogP contribution is -2.17. The highest BCUT2D eigenvalue weighted by Crippen LogP contribution is 2.53. The molecule has 2 nitrogen and oxygen atoms in total. The van der Waals surface area contributed by atoms with Crippen LogP contribution in [0.25, 0.3) is 54.2 Å². The Bertz CT molecular complexity index is 3110. The number of aryl methyl sites for hydroxylation is 3. The Morgan fingerprint density at radius 2 is 0.741 bits per heavy atom. The number of anilines is 6. The van der Waals surface area contributed by atoms with E-state index >= 15 is 0 Å². The second kappa shape index (κ2) is 12.8. The lowest BCUT2D eigenvalue weighted by atomic mass is 9.82. The summed E-state index contributed by atoms with van der Waals surface area (Å²) in [6.07, 6.45) is 0. The average molecular weight is 745 g/mol. The predicted octanol–water partition coefficient (Wildman–Crippen LogP) is 15.9. The van der Waals surface area contributed by atoms with Crippen LogP contribution in [0.15, 0.2) is 176 Å². The van der Waals surface area contributed by atoms with Gasteiger partial charge >= 0.3 is 0 Å². The first-order valence-electron chi connectivity index (χ1n) is 20.4. The molecule has 0 fully saturated rings. The molecule has 0 radical (unpaired) electrons. The zero-order valence-electron chi connectivity index (χ0n) is 33.6. The van der Waals surface area contributed by atoms with Crippen molar-refractivity contribution in [3.8, 4) is 11.1 Å². The Balaban J connectivity index is 1.08. The summed E-state index contributed by atoms with van der Waals surface area (Å²) in [5.41, 5.74) is 15.8. The van der Waals surface area contributed by atoms with Crippen molar-refractivity contribution in [2.45, 2.75) is 40.0 Å². The first kappa shape index (κ1) is 34.4. The van der Waals surface area contributed by atoms with Gasteiger partial charge < -0.3 is 9.80 Å². The molecule has 0 heterocycles. The lowest BCUT2D eigenvalue weighted by Gasteiger charge is -2.30. The topological polar surface area (TPSA) is 6.48 Å². The van der Waals surface area contributed by atoms with E-state index in [1.165, 1.54) is 87.7 Å². The Hall–Kier alpha value is -6.90. The van der Waals surface area contributed by atoms with Crippen LogP contribution in [0.1, 0.15) is 41.7 Å². The van der Waals surface area contributed by atoms with Crippen LogP contribution in [0.3, 0.4) is 0 Å².